The first kappa shape index (κ1) is 13.1. The lowest BCUT2D eigenvalue weighted by atomic mass is 9.69. The summed E-state index contributed by atoms with van der Waals surface area (Å²) in [6.07, 6.45) is 7.76. The Morgan fingerprint density at radius 1 is 1.40 bits per heavy atom. The summed E-state index contributed by atoms with van der Waals surface area (Å²) in [7, 11) is 1.91. The first-order valence-corrected chi connectivity index (χ1v) is 8.34. The van der Waals surface area contributed by atoms with Gasteiger partial charge in [-0.1, -0.05) is 18.0 Å². The van der Waals surface area contributed by atoms with Crippen molar-refractivity contribution in [2.24, 2.45) is 36.5 Å². The second-order valence-corrected chi connectivity index (χ2v) is 7.81. The van der Waals surface area contributed by atoms with Gasteiger partial charge in [-0.25, -0.2) is 0 Å². The lowest BCUT2D eigenvalue weighted by Gasteiger charge is -2.40. The molecule has 110 valence electrons. The van der Waals surface area contributed by atoms with Gasteiger partial charge in [0, 0.05) is 18.2 Å². The van der Waals surface area contributed by atoms with Crippen molar-refractivity contribution in [3.8, 4) is 0 Å². The zero-order chi connectivity index (χ0) is 14.1. The first-order valence-electron chi connectivity index (χ1n) is 7.96. The molecule has 0 aliphatic heterocycles. The van der Waals surface area contributed by atoms with E-state index < -0.39 is 0 Å². The van der Waals surface area contributed by atoms with Crippen LogP contribution >= 0.6 is 11.6 Å². The molecule has 4 heteroatoms. The van der Waals surface area contributed by atoms with E-state index in [1.54, 1.807) is 4.68 Å². The number of rotatable bonds is 2. The molecule has 3 fully saturated rings. The van der Waals surface area contributed by atoms with Crippen molar-refractivity contribution in [3.63, 3.8) is 0 Å². The molecule has 3 nitrogen and oxygen atoms in total. The second-order valence-electron chi connectivity index (χ2n) is 7.45. The van der Waals surface area contributed by atoms with Crippen LogP contribution in [0.5, 0.6) is 0 Å². The molecular formula is C16H24ClN3. The molecule has 0 spiro atoms. The number of nitrogens with zero attached hydrogens (tertiary/aromatic N) is 2. The summed E-state index contributed by atoms with van der Waals surface area (Å²) in [6.45, 7) is 2.05. The second kappa shape index (κ2) is 4.23. The molecule has 0 radical (unpaired) electrons. The fourth-order valence-corrected chi connectivity index (χ4v) is 5.96. The molecule has 3 aliphatic rings. The van der Waals surface area contributed by atoms with Crippen molar-refractivity contribution < 1.29 is 0 Å². The number of halogens is 1. The average Bonchev–Trinajstić information content (AvgIpc) is 3.08. The van der Waals surface area contributed by atoms with Gasteiger partial charge in [0.1, 0.15) is 5.15 Å². The van der Waals surface area contributed by atoms with Crippen LogP contribution in [-0.2, 0) is 13.5 Å². The highest BCUT2D eigenvalue weighted by Gasteiger charge is 2.59. The van der Waals surface area contributed by atoms with E-state index in [4.69, 9.17) is 17.3 Å². The van der Waals surface area contributed by atoms with Crippen molar-refractivity contribution in [2.45, 2.75) is 51.0 Å². The smallest absolute Gasteiger partial charge is 0.130 e. The molecule has 3 aliphatic carbocycles. The summed E-state index contributed by atoms with van der Waals surface area (Å²) in [4.78, 5) is 0. The van der Waals surface area contributed by atoms with E-state index in [1.807, 2.05) is 7.05 Å². The first-order chi connectivity index (χ1) is 9.49. The van der Waals surface area contributed by atoms with E-state index in [9.17, 15) is 0 Å². The van der Waals surface area contributed by atoms with Crippen LogP contribution in [0.1, 0.15) is 43.4 Å². The van der Waals surface area contributed by atoms with Crippen LogP contribution in [0, 0.1) is 30.6 Å². The zero-order valence-electron chi connectivity index (χ0n) is 12.4. The van der Waals surface area contributed by atoms with Gasteiger partial charge in [-0.3, -0.25) is 4.68 Å². The Kier molecular flexibility index (Phi) is 2.78. The summed E-state index contributed by atoms with van der Waals surface area (Å²) in [5.41, 5.74) is 9.08. The number of fused-ring (bicyclic) bond motifs is 5. The summed E-state index contributed by atoms with van der Waals surface area (Å²) in [6, 6.07) is 0. The molecule has 20 heavy (non-hydrogen) atoms. The van der Waals surface area contributed by atoms with Crippen molar-refractivity contribution in [1.82, 2.24) is 9.78 Å². The number of nitrogens with two attached hydrogens (primary N) is 1. The molecule has 5 unspecified atom stereocenters. The zero-order valence-corrected chi connectivity index (χ0v) is 13.2. The Balaban J connectivity index is 1.63. The molecule has 3 saturated carbocycles. The maximum absolute atomic E-state index is 6.88. The quantitative estimate of drug-likeness (QED) is 0.911. The van der Waals surface area contributed by atoms with Gasteiger partial charge in [0.05, 0.1) is 5.69 Å². The van der Waals surface area contributed by atoms with Gasteiger partial charge in [-0.2, -0.15) is 5.10 Å². The normalized spacial score (nSPS) is 42.4. The van der Waals surface area contributed by atoms with Gasteiger partial charge in [-0.05, 0) is 62.7 Å². The van der Waals surface area contributed by atoms with Gasteiger partial charge < -0.3 is 5.73 Å². The van der Waals surface area contributed by atoms with Crippen LogP contribution in [0.15, 0.2) is 0 Å². The van der Waals surface area contributed by atoms with Gasteiger partial charge in [-0.15, -0.1) is 0 Å². The maximum Gasteiger partial charge on any atom is 0.130 e. The fourth-order valence-electron chi connectivity index (χ4n) is 5.72. The largest absolute Gasteiger partial charge is 0.325 e. The lowest BCUT2D eigenvalue weighted by molar-refractivity contribution is 0.156. The Labute approximate surface area is 125 Å². The monoisotopic (exact) mass is 293 g/mol. The molecule has 2 bridgehead atoms. The molecule has 1 heterocycles. The molecular weight excluding hydrogens is 270 g/mol. The van der Waals surface area contributed by atoms with Crippen LogP contribution in [0.3, 0.4) is 0 Å². The van der Waals surface area contributed by atoms with Crippen LogP contribution in [0.25, 0.3) is 0 Å². The van der Waals surface area contributed by atoms with Gasteiger partial charge in [0.15, 0.2) is 0 Å². The summed E-state index contributed by atoms with van der Waals surface area (Å²) in [5, 5.41) is 5.22. The summed E-state index contributed by atoms with van der Waals surface area (Å²) >= 11 is 6.41. The van der Waals surface area contributed by atoms with E-state index in [0.29, 0.717) is 0 Å². The van der Waals surface area contributed by atoms with Crippen LogP contribution < -0.4 is 5.73 Å². The van der Waals surface area contributed by atoms with Crippen molar-refractivity contribution in [1.29, 1.82) is 0 Å². The van der Waals surface area contributed by atoms with Gasteiger partial charge in [0.25, 0.3) is 0 Å². The Morgan fingerprint density at radius 2 is 2.15 bits per heavy atom. The van der Waals surface area contributed by atoms with Crippen molar-refractivity contribution in [2.75, 3.05) is 0 Å². The highest BCUT2D eigenvalue weighted by Crippen LogP contribution is 2.62. The number of hydrogen-bond acceptors (Lipinski definition) is 2. The van der Waals surface area contributed by atoms with E-state index >= 15 is 0 Å². The number of aryl methyl sites for hydroxylation is 2. The van der Waals surface area contributed by atoms with E-state index in [-0.39, 0.29) is 5.54 Å². The Bertz CT molecular complexity index is 552. The molecule has 1 aromatic rings. The van der Waals surface area contributed by atoms with Crippen molar-refractivity contribution in [3.05, 3.63) is 16.4 Å². The van der Waals surface area contributed by atoms with Gasteiger partial charge in [0.2, 0.25) is 0 Å². The molecule has 2 N–H and O–H groups in total. The van der Waals surface area contributed by atoms with E-state index in [0.717, 1.165) is 40.9 Å². The molecule has 1 aromatic heterocycles. The van der Waals surface area contributed by atoms with Crippen LogP contribution in [-0.4, -0.2) is 15.3 Å². The van der Waals surface area contributed by atoms with E-state index in [1.165, 1.54) is 37.7 Å². The molecule has 0 saturated heterocycles. The minimum atomic E-state index is -0.0341. The minimum Gasteiger partial charge on any atom is -0.325 e. The maximum atomic E-state index is 6.88. The highest BCUT2D eigenvalue weighted by molar-refractivity contribution is 6.30. The number of hydrogen-bond donors (Lipinski definition) is 1. The number of aromatic nitrogens is 2. The standard InChI is InChI=1S/C16H24ClN3/c1-9-13(15(17)20(2)19-9)8-16(18)7-10-6-14(16)12-5-3-4-11(10)12/h10-12,14H,3-8,18H2,1-2H3. The van der Waals surface area contributed by atoms with E-state index in [2.05, 4.69) is 12.0 Å². The predicted octanol–water partition coefficient (Wildman–Crippen LogP) is 3.08. The highest BCUT2D eigenvalue weighted by atomic mass is 35.5. The molecule has 0 amide bonds. The predicted molar refractivity (Wildman–Crippen MR) is 80.6 cm³/mol. The minimum absolute atomic E-state index is 0.0341. The third-order valence-electron chi connectivity index (χ3n) is 6.46. The topological polar surface area (TPSA) is 43.8 Å². The summed E-state index contributed by atoms with van der Waals surface area (Å²) in [5.74, 6) is 3.49. The third-order valence-corrected chi connectivity index (χ3v) is 6.93. The van der Waals surface area contributed by atoms with Crippen LogP contribution in [0.2, 0.25) is 5.15 Å². The SMILES string of the molecule is Cc1nn(C)c(Cl)c1CC1(N)CC2CC1C1CCCC21. The Morgan fingerprint density at radius 3 is 2.85 bits per heavy atom. The third kappa shape index (κ3) is 1.66. The van der Waals surface area contributed by atoms with Gasteiger partial charge >= 0.3 is 0 Å². The summed E-state index contributed by atoms with van der Waals surface area (Å²) < 4.78 is 1.78. The van der Waals surface area contributed by atoms with Crippen LogP contribution in [0.4, 0.5) is 0 Å². The fraction of sp³-hybridized carbons (Fsp3) is 0.812. The van der Waals surface area contributed by atoms with Crippen molar-refractivity contribution >= 4 is 11.6 Å². The molecule has 4 rings (SSSR count). The Hall–Kier alpha value is -0.540. The lowest BCUT2D eigenvalue weighted by Crippen LogP contribution is -2.51. The average molecular weight is 294 g/mol. The molecule has 0 aromatic carbocycles. The molecule has 5 atom stereocenters.